The van der Waals surface area contributed by atoms with Crippen LogP contribution in [0.3, 0.4) is 0 Å². The third-order valence-corrected chi connectivity index (χ3v) is 4.44. The van der Waals surface area contributed by atoms with E-state index in [-0.39, 0.29) is 6.04 Å². The third-order valence-electron chi connectivity index (χ3n) is 3.30. The first-order valence-electron chi connectivity index (χ1n) is 6.42. The van der Waals surface area contributed by atoms with Gasteiger partial charge in [0.2, 0.25) is 0 Å². The Balaban J connectivity index is 2.36. The summed E-state index contributed by atoms with van der Waals surface area (Å²) in [5.41, 5.74) is 8.48. The molecule has 2 atom stereocenters. The highest BCUT2D eigenvalue weighted by Gasteiger charge is 2.22. The largest absolute Gasteiger partial charge is 0.496 e. The van der Waals surface area contributed by atoms with Gasteiger partial charge in [0.15, 0.2) is 0 Å². The second-order valence-corrected chi connectivity index (χ2v) is 6.36. The molecular weight excluding hydrogens is 244 g/mol. The number of ether oxygens (including phenoxy) is 1. The van der Waals surface area contributed by atoms with Crippen molar-refractivity contribution in [3.8, 4) is 5.75 Å². The molecule has 0 aliphatic carbocycles. The summed E-state index contributed by atoms with van der Waals surface area (Å²) in [5, 5.41) is 0.672. The summed E-state index contributed by atoms with van der Waals surface area (Å²) < 4.78 is 5.45. The first-order valence-corrected chi connectivity index (χ1v) is 7.47. The molecule has 0 saturated carbocycles. The van der Waals surface area contributed by atoms with Gasteiger partial charge in [0.1, 0.15) is 5.75 Å². The molecule has 1 heterocycles. The number of benzene rings is 1. The van der Waals surface area contributed by atoms with E-state index in [9.17, 15) is 0 Å². The molecule has 2 rings (SSSR count). The lowest BCUT2D eigenvalue weighted by atomic mass is 10.0. The summed E-state index contributed by atoms with van der Waals surface area (Å²) in [6.07, 6.45) is 0. The van der Waals surface area contributed by atoms with Gasteiger partial charge in [-0.2, -0.15) is 11.8 Å². The van der Waals surface area contributed by atoms with Crippen LogP contribution in [-0.4, -0.2) is 31.2 Å². The summed E-state index contributed by atoms with van der Waals surface area (Å²) in [5.74, 6) is 2.07. The fourth-order valence-electron chi connectivity index (χ4n) is 2.48. The van der Waals surface area contributed by atoms with E-state index in [0.717, 1.165) is 24.4 Å². The Bertz CT molecular complexity index is 409. The Labute approximate surface area is 114 Å². The molecule has 0 amide bonds. The number of anilines is 1. The quantitative estimate of drug-likeness (QED) is 0.913. The minimum absolute atomic E-state index is 0.0129. The van der Waals surface area contributed by atoms with Crippen molar-refractivity contribution in [2.75, 3.05) is 30.9 Å². The lowest BCUT2D eigenvalue weighted by Gasteiger charge is -2.34. The highest BCUT2D eigenvalue weighted by atomic mass is 32.2. The predicted molar refractivity (Wildman–Crippen MR) is 79.7 cm³/mol. The van der Waals surface area contributed by atoms with E-state index in [1.54, 1.807) is 7.11 Å². The monoisotopic (exact) mass is 266 g/mol. The molecule has 0 bridgehead atoms. The van der Waals surface area contributed by atoms with Crippen molar-refractivity contribution in [1.82, 2.24) is 0 Å². The minimum Gasteiger partial charge on any atom is -0.496 e. The van der Waals surface area contributed by atoms with Gasteiger partial charge in [-0.3, -0.25) is 0 Å². The second kappa shape index (κ2) is 5.85. The van der Waals surface area contributed by atoms with Crippen LogP contribution in [-0.2, 0) is 0 Å². The fourth-order valence-corrected chi connectivity index (χ4v) is 3.49. The zero-order valence-electron chi connectivity index (χ0n) is 11.3. The molecule has 1 aromatic rings. The number of thioether (sulfide) groups is 1. The molecular formula is C14H22N2OS. The topological polar surface area (TPSA) is 38.5 Å². The number of methoxy groups -OCH3 is 1. The van der Waals surface area contributed by atoms with Crippen molar-refractivity contribution in [3.05, 3.63) is 23.8 Å². The lowest BCUT2D eigenvalue weighted by molar-refractivity contribution is 0.407. The number of rotatable bonds is 3. The highest BCUT2D eigenvalue weighted by molar-refractivity contribution is 8.00. The van der Waals surface area contributed by atoms with E-state index < -0.39 is 0 Å². The Kier molecular flexibility index (Phi) is 4.40. The normalized spacial score (nSPS) is 21.8. The van der Waals surface area contributed by atoms with Crippen LogP contribution in [0.5, 0.6) is 5.75 Å². The Morgan fingerprint density at radius 1 is 1.50 bits per heavy atom. The summed E-state index contributed by atoms with van der Waals surface area (Å²) in [4.78, 5) is 2.43. The van der Waals surface area contributed by atoms with Crippen LogP contribution in [0.25, 0.3) is 0 Å². The van der Waals surface area contributed by atoms with Crippen molar-refractivity contribution in [3.63, 3.8) is 0 Å². The fraction of sp³-hybridized carbons (Fsp3) is 0.571. The zero-order chi connectivity index (χ0) is 13.1. The molecule has 1 fully saturated rings. The smallest absolute Gasteiger partial charge is 0.125 e. The van der Waals surface area contributed by atoms with Gasteiger partial charge in [-0.05, 0) is 19.1 Å². The summed E-state index contributed by atoms with van der Waals surface area (Å²) in [7, 11) is 1.71. The van der Waals surface area contributed by atoms with Gasteiger partial charge in [-0.1, -0.05) is 13.0 Å². The van der Waals surface area contributed by atoms with Gasteiger partial charge < -0.3 is 15.4 Å². The second-order valence-electron chi connectivity index (χ2n) is 4.81. The Morgan fingerprint density at radius 2 is 2.28 bits per heavy atom. The maximum atomic E-state index is 6.12. The summed E-state index contributed by atoms with van der Waals surface area (Å²) in [6, 6.07) is 6.18. The molecule has 0 spiro atoms. The van der Waals surface area contributed by atoms with Crippen molar-refractivity contribution in [2.45, 2.75) is 25.1 Å². The number of nitrogens with zero attached hydrogens (tertiary/aromatic N) is 1. The van der Waals surface area contributed by atoms with Crippen LogP contribution in [0.4, 0.5) is 5.69 Å². The summed E-state index contributed by atoms with van der Waals surface area (Å²) in [6.45, 7) is 6.46. The molecule has 1 aliphatic heterocycles. The van der Waals surface area contributed by atoms with Crippen LogP contribution in [0.15, 0.2) is 18.2 Å². The van der Waals surface area contributed by atoms with Crippen LogP contribution < -0.4 is 15.4 Å². The maximum absolute atomic E-state index is 6.12. The van der Waals surface area contributed by atoms with Crippen LogP contribution in [0, 0.1) is 0 Å². The average molecular weight is 266 g/mol. The van der Waals surface area contributed by atoms with Gasteiger partial charge in [0.25, 0.3) is 0 Å². The third kappa shape index (κ3) is 2.75. The molecule has 100 valence electrons. The van der Waals surface area contributed by atoms with Crippen LogP contribution in [0.2, 0.25) is 0 Å². The lowest BCUT2D eigenvalue weighted by Crippen LogP contribution is -2.37. The van der Waals surface area contributed by atoms with E-state index in [0.29, 0.717) is 5.25 Å². The highest BCUT2D eigenvalue weighted by Crippen LogP contribution is 2.35. The van der Waals surface area contributed by atoms with E-state index in [2.05, 4.69) is 17.9 Å². The number of nitrogens with two attached hydrogens (primary N) is 1. The standard InChI is InChI=1S/C14H22N2OS/c1-10-9-16(7-8-18-10)12-5-4-6-13(17-3)14(12)11(2)15/h4-6,10-11H,7-9,15H2,1-3H3/t10?,11-/m0/s1. The molecule has 18 heavy (non-hydrogen) atoms. The first kappa shape index (κ1) is 13.6. The van der Waals surface area contributed by atoms with Gasteiger partial charge in [0, 0.05) is 41.4 Å². The Hall–Kier alpha value is -0.870. The van der Waals surface area contributed by atoms with Crippen molar-refractivity contribution >= 4 is 17.4 Å². The maximum Gasteiger partial charge on any atom is 0.125 e. The SMILES string of the molecule is COc1cccc(N2CCSC(C)C2)c1[C@H](C)N. The number of hydrogen-bond acceptors (Lipinski definition) is 4. The molecule has 1 aromatic carbocycles. The van der Waals surface area contributed by atoms with Crippen molar-refractivity contribution < 1.29 is 4.74 Å². The average Bonchev–Trinajstić information content (AvgIpc) is 2.37. The number of hydrogen-bond donors (Lipinski definition) is 1. The van der Waals surface area contributed by atoms with Crippen molar-refractivity contribution in [2.24, 2.45) is 5.73 Å². The minimum atomic E-state index is -0.0129. The van der Waals surface area contributed by atoms with E-state index in [1.807, 2.05) is 30.8 Å². The molecule has 4 heteroatoms. The van der Waals surface area contributed by atoms with E-state index in [1.165, 1.54) is 11.4 Å². The molecule has 3 nitrogen and oxygen atoms in total. The summed E-state index contributed by atoms with van der Waals surface area (Å²) >= 11 is 2.04. The molecule has 0 radical (unpaired) electrons. The predicted octanol–water partition coefficient (Wildman–Crippen LogP) is 2.66. The molecule has 0 aromatic heterocycles. The van der Waals surface area contributed by atoms with Gasteiger partial charge in [0.05, 0.1) is 7.11 Å². The van der Waals surface area contributed by atoms with E-state index in [4.69, 9.17) is 10.5 Å². The van der Waals surface area contributed by atoms with Crippen molar-refractivity contribution in [1.29, 1.82) is 0 Å². The van der Waals surface area contributed by atoms with Gasteiger partial charge in [-0.25, -0.2) is 0 Å². The molecule has 1 unspecified atom stereocenters. The molecule has 1 aliphatic rings. The molecule has 1 saturated heterocycles. The van der Waals surface area contributed by atoms with Gasteiger partial charge in [-0.15, -0.1) is 0 Å². The molecule has 2 N–H and O–H groups in total. The first-order chi connectivity index (χ1) is 8.63. The van der Waals surface area contributed by atoms with E-state index >= 15 is 0 Å². The van der Waals surface area contributed by atoms with Gasteiger partial charge >= 0.3 is 0 Å². The van der Waals surface area contributed by atoms with Crippen LogP contribution in [0.1, 0.15) is 25.5 Å². The van der Waals surface area contributed by atoms with Crippen LogP contribution >= 0.6 is 11.8 Å². The Morgan fingerprint density at radius 3 is 2.89 bits per heavy atom. The zero-order valence-corrected chi connectivity index (χ0v) is 12.2.